The van der Waals surface area contributed by atoms with E-state index in [2.05, 4.69) is 164 Å². The number of rotatable bonds is 4. The van der Waals surface area contributed by atoms with Crippen molar-refractivity contribution in [2.45, 2.75) is 19.3 Å². The van der Waals surface area contributed by atoms with Gasteiger partial charge in [0, 0.05) is 53.8 Å². The quantitative estimate of drug-likeness (QED) is 0.192. The molecule has 228 valence electrons. The topological polar surface area (TPSA) is 16.4 Å². The summed E-state index contributed by atoms with van der Waals surface area (Å²) in [4.78, 5) is 2.44. The first kappa shape index (κ1) is 27.5. The van der Waals surface area contributed by atoms with Gasteiger partial charge in [0.05, 0.1) is 5.69 Å². The van der Waals surface area contributed by atoms with Crippen molar-refractivity contribution in [2.75, 3.05) is 4.90 Å². The van der Waals surface area contributed by atoms with Crippen LogP contribution in [0, 0.1) is 0 Å². The summed E-state index contributed by atoms with van der Waals surface area (Å²) in [5.41, 5.74) is 13.0. The molecule has 0 saturated carbocycles. The Morgan fingerprint density at radius 3 is 2.12 bits per heavy atom. The predicted molar refractivity (Wildman–Crippen MR) is 204 cm³/mol. The van der Waals surface area contributed by atoms with Crippen molar-refractivity contribution in [1.82, 2.24) is 0 Å². The van der Waals surface area contributed by atoms with Gasteiger partial charge in [0.1, 0.15) is 11.2 Å². The molecule has 0 amide bonds. The molecule has 7 aromatic carbocycles. The fourth-order valence-electron chi connectivity index (χ4n) is 7.97. The molecule has 2 nitrogen and oxygen atoms in total. The Morgan fingerprint density at radius 1 is 0.521 bits per heavy atom. The van der Waals surface area contributed by atoms with E-state index in [1.54, 1.807) is 0 Å². The molecule has 0 saturated heterocycles. The second-order valence-corrected chi connectivity index (χ2v) is 14.4. The van der Waals surface area contributed by atoms with Crippen LogP contribution in [0.1, 0.15) is 25.0 Å². The van der Waals surface area contributed by atoms with Gasteiger partial charge in [0.2, 0.25) is 0 Å². The summed E-state index contributed by atoms with van der Waals surface area (Å²) < 4.78 is 9.03. The van der Waals surface area contributed by atoms with Gasteiger partial charge >= 0.3 is 0 Å². The van der Waals surface area contributed by atoms with Gasteiger partial charge < -0.3 is 9.32 Å². The normalized spacial score (nSPS) is 13.4. The molecule has 2 aromatic heterocycles. The molecule has 0 unspecified atom stereocenters. The van der Waals surface area contributed by atoms with Crippen LogP contribution in [-0.4, -0.2) is 0 Å². The predicted octanol–water partition coefficient (Wildman–Crippen LogP) is 13.4. The number of benzene rings is 7. The Balaban J connectivity index is 1.25. The molecule has 0 aliphatic heterocycles. The SMILES string of the molecule is CC1(C)c2ccccc2-c2ccc(N(c3ccc4c(c3)oc3ccccc34)c3cccc4sc5c(-c6ccccc6)cccc5c34)cc21. The highest BCUT2D eigenvalue weighted by molar-refractivity contribution is 7.26. The number of nitrogens with zero attached hydrogens (tertiary/aromatic N) is 1. The van der Waals surface area contributed by atoms with E-state index in [1.165, 1.54) is 53.6 Å². The van der Waals surface area contributed by atoms with Crippen LogP contribution in [-0.2, 0) is 5.41 Å². The summed E-state index contributed by atoms with van der Waals surface area (Å²) >= 11 is 1.88. The van der Waals surface area contributed by atoms with Crippen LogP contribution in [0.3, 0.4) is 0 Å². The molecule has 0 radical (unpaired) electrons. The summed E-state index contributed by atoms with van der Waals surface area (Å²) in [5, 5.41) is 4.81. The Kier molecular flexibility index (Phi) is 5.82. The molecule has 0 bridgehead atoms. The third-order valence-electron chi connectivity index (χ3n) is 10.3. The molecular weight excluding hydrogens is 603 g/mol. The number of hydrogen-bond acceptors (Lipinski definition) is 3. The lowest BCUT2D eigenvalue weighted by Gasteiger charge is -2.28. The van der Waals surface area contributed by atoms with E-state index < -0.39 is 0 Å². The Bertz CT molecular complexity index is 2710. The van der Waals surface area contributed by atoms with E-state index in [-0.39, 0.29) is 5.41 Å². The van der Waals surface area contributed by atoms with Gasteiger partial charge in [-0.1, -0.05) is 117 Å². The molecule has 1 aliphatic carbocycles. The lowest BCUT2D eigenvalue weighted by atomic mass is 9.82. The van der Waals surface area contributed by atoms with Crippen LogP contribution in [0.2, 0.25) is 0 Å². The lowest BCUT2D eigenvalue weighted by molar-refractivity contribution is 0.660. The second kappa shape index (κ2) is 10.2. The maximum absolute atomic E-state index is 6.45. The highest BCUT2D eigenvalue weighted by atomic mass is 32.1. The maximum Gasteiger partial charge on any atom is 0.137 e. The van der Waals surface area contributed by atoms with Crippen molar-refractivity contribution in [1.29, 1.82) is 0 Å². The third-order valence-corrected chi connectivity index (χ3v) is 11.5. The maximum atomic E-state index is 6.45. The minimum atomic E-state index is -0.109. The molecule has 10 rings (SSSR count). The zero-order valence-electron chi connectivity index (χ0n) is 26.7. The highest BCUT2D eigenvalue weighted by Gasteiger charge is 2.36. The van der Waals surface area contributed by atoms with Crippen LogP contribution in [0.4, 0.5) is 17.1 Å². The molecule has 3 heteroatoms. The van der Waals surface area contributed by atoms with Crippen LogP contribution in [0.15, 0.2) is 156 Å². The van der Waals surface area contributed by atoms with Gasteiger partial charge in [-0.2, -0.15) is 0 Å². The van der Waals surface area contributed by atoms with E-state index in [0.29, 0.717) is 0 Å². The number of para-hydroxylation sites is 1. The van der Waals surface area contributed by atoms with E-state index >= 15 is 0 Å². The first-order valence-corrected chi connectivity index (χ1v) is 17.3. The van der Waals surface area contributed by atoms with Crippen molar-refractivity contribution < 1.29 is 4.42 Å². The highest BCUT2D eigenvalue weighted by Crippen LogP contribution is 2.52. The van der Waals surface area contributed by atoms with Crippen molar-refractivity contribution in [3.63, 3.8) is 0 Å². The third kappa shape index (κ3) is 3.92. The summed E-state index contributed by atoms with van der Waals surface area (Å²) in [7, 11) is 0. The molecule has 48 heavy (non-hydrogen) atoms. The number of hydrogen-bond donors (Lipinski definition) is 0. The van der Waals surface area contributed by atoms with Crippen molar-refractivity contribution in [3.8, 4) is 22.3 Å². The zero-order valence-corrected chi connectivity index (χ0v) is 27.5. The van der Waals surface area contributed by atoms with Gasteiger partial charge in [-0.15, -0.1) is 11.3 Å². The van der Waals surface area contributed by atoms with Gasteiger partial charge in [-0.3, -0.25) is 0 Å². The number of anilines is 3. The molecule has 0 atom stereocenters. The van der Waals surface area contributed by atoms with Gasteiger partial charge in [0.25, 0.3) is 0 Å². The van der Waals surface area contributed by atoms with Crippen LogP contribution >= 0.6 is 11.3 Å². The van der Waals surface area contributed by atoms with Crippen molar-refractivity contribution >= 4 is 70.5 Å². The number of thiophene rings is 1. The van der Waals surface area contributed by atoms with Crippen LogP contribution in [0.25, 0.3) is 64.4 Å². The Morgan fingerprint density at radius 2 is 1.21 bits per heavy atom. The minimum absolute atomic E-state index is 0.109. The fraction of sp³-hybridized carbons (Fsp3) is 0.0667. The summed E-state index contributed by atoms with van der Waals surface area (Å²) in [5.74, 6) is 0. The van der Waals surface area contributed by atoms with Gasteiger partial charge in [-0.25, -0.2) is 0 Å². The van der Waals surface area contributed by atoms with Crippen molar-refractivity contribution in [2.24, 2.45) is 0 Å². The van der Waals surface area contributed by atoms with Gasteiger partial charge in [0.15, 0.2) is 0 Å². The average molecular weight is 634 g/mol. The Labute approximate surface area is 283 Å². The summed E-state index contributed by atoms with van der Waals surface area (Å²) in [6.07, 6.45) is 0. The molecule has 9 aromatic rings. The van der Waals surface area contributed by atoms with E-state index in [9.17, 15) is 0 Å². The van der Waals surface area contributed by atoms with Crippen molar-refractivity contribution in [3.05, 3.63) is 163 Å². The molecule has 0 fully saturated rings. The largest absolute Gasteiger partial charge is 0.456 e. The van der Waals surface area contributed by atoms with E-state index in [0.717, 1.165) is 39.0 Å². The smallest absolute Gasteiger partial charge is 0.137 e. The number of fused-ring (bicyclic) bond motifs is 9. The molecule has 0 N–H and O–H groups in total. The lowest BCUT2D eigenvalue weighted by Crippen LogP contribution is -2.16. The monoisotopic (exact) mass is 633 g/mol. The molecule has 0 spiro atoms. The minimum Gasteiger partial charge on any atom is -0.456 e. The second-order valence-electron chi connectivity index (χ2n) is 13.3. The van der Waals surface area contributed by atoms with Crippen LogP contribution < -0.4 is 4.90 Å². The van der Waals surface area contributed by atoms with E-state index in [4.69, 9.17) is 4.42 Å². The Hall–Kier alpha value is -5.64. The van der Waals surface area contributed by atoms with E-state index in [1.807, 2.05) is 17.4 Å². The molecule has 1 aliphatic rings. The van der Waals surface area contributed by atoms with Crippen LogP contribution in [0.5, 0.6) is 0 Å². The van der Waals surface area contributed by atoms with Gasteiger partial charge in [-0.05, 0) is 75.8 Å². The summed E-state index contributed by atoms with van der Waals surface area (Å²) in [6, 6.07) is 55.1. The molecular formula is C45H31NOS. The first-order chi connectivity index (χ1) is 23.6. The molecule has 2 heterocycles. The fourth-order valence-corrected chi connectivity index (χ4v) is 9.23. The average Bonchev–Trinajstić information content (AvgIpc) is 3.77. The standard InChI is InChI=1S/C45H31NOS/c1-45(2)37-18-8-6-14-32(37)33-24-22-29(26-38(33)45)46(30-23-25-35-34-15-7-9-20-40(34)47-41(35)27-30)39-19-11-21-42-43(39)36-17-10-16-31(44(36)48-42)28-12-4-3-5-13-28/h3-27H,1-2H3. The summed E-state index contributed by atoms with van der Waals surface area (Å²) in [6.45, 7) is 4.70. The first-order valence-electron chi connectivity index (χ1n) is 16.5. The zero-order chi connectivity index (χ0) is 32.0. The number of furan rings is 1.